The zero-order chi connectivity index (χ0) is 22.7. The number of amides is 1. The number of anilines is 1. The van der Waals surface area contributed by atoms with Gasteiger partial charge in [0.1, 0.15) is 11.4 Å². The fraction of sp³-hybridized carbons (Fsp3) is 0. The molecule has 2 aromatic heterocycles. The molecule has 0 aliphatic rings. The van der Waals surface area contributed by atoms with Crippen LogP contribution >= 0.6 is 0 Å². The molecule has 4 aromatic rings. The lowest BCUT2D eigenvalue weighted by molar-refractivity contribution is -0.384. The van der Waals surface area contributed by atoms with Gasteiger partial charge in [-0.15, -0.1) is 5.10 Å². The molecular formula is C18H13N9O5. The van der Waals surface area contributed by atoms with Gasteiger partial charge in [-0.2, -0.15) is 9.78 Å². The molecule has 4 N–H and O–H groups in total. The number of phenolic OH excluding ortho intramolecular Hbond substituents is 1. The number of carbonyl (C=O) groups is 1. The third-order valence-corrected chi connectivity index (χ3v) is 4.21. The molecule has 0 atom stereocenters. The van der Waals surface area contributed by atoms with E-state index in [0.717, 1.165) is 4.68 Å². The first-order valence-electron chi connectivity index (χ1n) is 8.85. The van der Waals surface area contributed by atoms with Crippen molar-refractivity contribution in [1.82, 2.24) is 30.7 Å². The Balaban J connectivity index is 1.69. The van der Waals surface area contributed by atoms with Gasteiger partial charge in [0.15, 0.2) is 5.69 Å². The number of phenols is 1. The zero-order valence-electron chi connectivity index (χ0n) is 16.0. The van der Waals surface area contributed by atoms with Gasteiger partial charge in [-0.05, 0) is 52.3 Å². The molecule has 0 spiro atoms. The number of nitro groups is 1. The molecule has 32 heavy (non-hydrogen) atoms. The smallest absolute Gasteiger partial charge is 0.294 e. The van der Waals surface area contributed by atoms with Crippen LogP contribution in [0.5, 0.6) is 5.75 Å². The number of nitrogens with zero attached hydrogens (tertiary/aromatic N) is 7. The molecule has 0 aliphatic heterocycles. The summed E-state index contributed by atoms with van der Waals surface area (Å²) in [6.45, 7) is 0. The first-order valence-corrected chi connectivity index (χ1v) is 8.85. The number of rotatable bonds is 6. The van der Waals surface area contributed by atoms with Crippen LogP contribution in [0.15, 0.2) is 58.3 Å². The average Bonchev–Trinajstić information content (AvgIpc) is 3.41. The zero-order valence-corrected chi connectivity index (χ0v) is 16.0. The molecule has 1 amide bonds. The largest absolute Gasteiger partial charge is 0.508 e. The van der Waals surface area contributed by atoms with Crippen LogP contribution in [0.3, 0.4) is 0 Å². The van der Waals surface area contributed by atoms with Crippen LogP contribution < -0.4 is 11.2 Å². The number of nitro benzene ring substituents is 1. The molecule has 0 aliphatic carbocycles. The molecule has 2 aromatic carbocycles. The normalized spacial score (nSPS) is 11.0. The van der Waals surface area contributed by atoms with Crippen molar-refractivity contribution in [1.29, 1.82) is 0 Å². The van der Waals surface area contributed by atoms with Crippen molar-refractivity contribution in [3.8, 4) is 22.8 Å². The van der Waals surface area contributed by atoms with Gasteiger partial charge in [0.25, 0.3) is 11.6 Å². The number of aromatic hydroxyl groups is 1. The highest BCUT2D eigenvalue weighted by Crippen LogP contribution is 2.28. The van der Waals surface area contributed by atoms with E-state index < -0.39 is 10.8 Å². The first kappa shape index (κ1) is 20.1. The van der Waals surface area contributed by atoms with E-state index in [-0.39, 0.29) is 34.5 Å². The van der Waals surface area contributed by atoms with Crippen LogP contribution in [0.25, 0.3) is 17.1 Å². The molecule has 14 heteroatoms. The van der Waals surface area contributed by atoms with E-state index >= 15 is 0 Å². The van der Waals surface area contributed by atoms with Crippen LogP contribution in [-0.2, 0) is 0 Å². The fourth-order valence-electron chi connectivity index (χ4n) is 2.70. The summed E-state index contributed by atoms with van der Waals surface area (Å²) in [5, 5.41) is 39.1. The maximum Gasteiger partial charge on any atom is 0.294 e. The number of hydrazone groups is 1. The monoisotopic (exact) mass is 435 g/mol. The summed E-state index contributed by atoms with van der Waals surface area (Å²) in [5.41, 5.74) is 8.92. The Bertz CT molecular complexity index is 1310. The molecule has 160 valence electrons. The third kappa shape index (κ3) is 3.95. The molecule has 0 saturated carbocycles. The van der Waals surface area contributed by atoms with Crippen molar-refractivity contribution < 1.29 is 19.5 Å². The minimum absolute atomic E-state index is 0.0162. The number of benzene rings is 2. The number of aromatic nitrogens is 5. The van der Waals surface area contributed by atoms with E-state index in [1.54, 1.807) is 12.1 Å². The standard InChI is InChI=1S/C18H13N9O5/c19-16-17(24-32-23-16)26-15(11-3-5-12(6-4-11)27(30)31)14(21-25-26)18(29)22-20-9-10-1-7-13(28)8-2-10/h1-9,28H,(H2,19,23)(H,22,29)/b20-9-. The van der Waals surface area contributed by atoms with Gasteiger partial charge < -0.3 is 10.8 Å². The summed E-state index contributed by atoms with van der Waals surface area (Å²) in [6.07, 6.45) is 1.37. The minimum Gasteiger partial charge on any atom is -0.508 e. The van der Waals surface area contributed by atoms with Gasteiger partial charge in [0.2, 0.25) is 11.6 Å². The van der Waals surface area contributed by atoms with Crippen molar-refractivity contribution in [2.45, 2.75) is 0 Å². The highest BCUT2D eigenvalue weighted by atomic mass is 16.6. The quantitative estimate of drug-likeness (QED) is 0.225. The molecule has 0 fully saturated rings. The average molecular weight is 435 g/mol. The Hall–Kier alpha value is -5.14. The number of nitrogens with one attached hydrogen (secondary N) is 1. The van der Waals surface area contributed by atoms with E-state index in [1.807, 2.05) is 0 Å². The van der Waals surface area contributed by atoms with Gasteiger partial charge in [-0.1, -0.05) is 5.21 Å². The SMILES string of the molecule is Nc1nonc1-n1nnc(C(=O)N/N=C\c2ccc(O)cc2)c1-c1ccc([N+](=O)[O-])cc1. The Morgan fingerprint density at radius 1 is 1.19 bits per heavy atom. The molecule has 14 nitrogen and oxygen atoms in total. The van der Waals surface area contributed by atoms with Crippen molar-refractivity contribution in [3.05, 3.63) is 69.9 Å². The summed E-state index contributed by atoms with van der Waals surface area (Å²) >= 11 is 0. The van der Waals surface area contributed by atoms with Crippen LogP contribution in [0.2, 0.25) is 0 Å². The summed E-state index contributed by atoms with van der Waals surface area (Å²) in [4.78, 5) is 23.2. The summed E-state index contributed by atoms with van der Waals surface area (Å²) in [5.74, 6) is -0.736. The van der Waals surface area contributed by atoms with E-state index in [4.69, 9.17) is 5.73 Å². The number of hydrogen-bond acceptors (Lipinski definition) is 11. The molecule has 4 rings (SSSR count). The second kappa shape index (κ2) is 8.31. The van der Waals surface area contributed by atoms with Crippen LogP contribution in [0, 0.1) is 10.1 Å². The summed E-state index contributed by atoms with van der Waals surface area (Å²) < 4.78 is 5.72. The van der Waals surface area contributed by atoms with Gasteiger partial charge in [-0.25, -0.2) is 10.1 Å². The second-order valence-electron chi connectivity index (χ2n) is 6.27. The van der Waals surface area contributed by atoms with Gasteiger partial charge in [-0.3, -0.25) is 14.9 Å². The van der Waals surface area contributed by atoms with E-state index in [1.165, 1.54) is 42.6 Å². The molecule has 2 heterocycles. The van der Waals surface area contributed by atoms with Gasteiger partial charge in [0.05, 0.1) is 11.1 Å². The van der Waals surface area contributed by atoms with Gasteiger partial charge in [0, 0.05) is 17.7 Å². The van der Waals surface area contributed by atoms with E-state index in [9.17, 15) is 20.0 Å². The lowest BCUT2D eigenvalue weighted by atomic mass is 10.1. The van der Waals surface area contributed by atoms with Crippen molar-refractivity contribution in [2.75, 3.05) is 5.73 Å². The Morgan fingerprint density at radius 3 is 2.53 bits per heavy atom. The molecule has 0 unspecified atom stereocenters. The topological polar surface area (TPSA) is 200 Å². The minimum atomic E-state index is -0.713. The number of non-ortho nitro benzene ring substituents is 1. The Labute approximate surface area is 178 Å². The van der Waals surface area contributed by atoms with Crippen LogP contribution in [-0.4, -0.2) is 47.5 Å². The van der Waals surface area contributed by atoms with E-state index in [0.29, 0.717) is 11.1 Å². The number of nitrogens with two attached hydrogens (primary N) is 1. The summed E-state index contributed by atoms with van der Waals surface area (Å²) in [7, 11) is 0. The predicted molar refractivity (Wildman–Crippen MR) is 109 cm³/mol. The maximum atomic E-state index is 12.7. The predicted octanol–water partition coefficient (Wildman–Crippen LogP) is 1.28. The highest BCUT2D eigenvalue weighted by molar-refractivity contribution is 5.98. The van der Waals surface area contributed by atoms with Crippen molar-refractivity contribution >= 4 is 23.6 Å². The van der Waals surface area contributed by atoms with Crippen LogP contribution in [0.1, 0.15) is 16.1 Å². The fourth-order valence-corrected chi connectivity index (χ4v) is 2.70. The van der Waals surface area contributed by atoms with Crippen molar-refractivity contribution in [2.24, 2.45) is 5.10 Å². The highest BCUT2D eigenvalue weighted by Gasteiger charge is 2.25. The number of carbonyl (C=O) groups excluding carboxylic acids is 1. The second-order valence-corrected chi connectivity index (χ2v) is 6.27. The molecular weight excluding hydrogens is 422 g/mol. The molecule has 0 radical (unpaired) electrons. The third-order valence-electron chi connectivity index (χ3n) is 4.21. The van der Waals surface area contributed by atoms with E-state index in [2.05, 4.69) is 35.8 Å². The lowest BCUT2D eigenvalue weighted by Crippen LogP contribution is -2.19. The number of hydrogen-bond donors (Lipinski definition) is 3. The maximum absolute atomic E-state index is 12.7. The van der Waals surface area contributed by atoms with Gasteiger partial charge >= 0.3 is 0 Å². The number of nitrogen functional groups attached to an aromatic ring is 1. The van der Waals surface area contributed by atoms with Crippen LogP contribution in [0.4, 0.5) is 11.5 Å². The van der Waals surface area contributed by atoms with Crippen molar-refractivity contribution in [3.63, 3.8) is 0 Å². The molecule has 0 bridgehead atoms. The molecule has 0 saturated heterocycles. The first-order chi connectivity index (χ1) is 15.4. The lowest BCUT2D eigenvalue weighted by Gasteiger charge is -2.05. The summed E-state index contributed by atoms with van der Waals surface area (Å²) in [6, 6.07) is 11.5. The Kier molecular flexibility index (Phi) is 5.23. The Morgan fingerprint density at radius 2 is 1.91 bits per heavy atom.